The molecule has 2 aromatic rings. The molecule has 37 heavy (non-hydrogen) atoms. The van der Waals surface area contributed by atoms with E-state index < -0.39 is 19.2 Å². The molecule has 9 nitrogen and oxygen atoms in total. The van der Waals surface area contributed by atoms with Gasteiger partial charge in [-0.25, -0.2) is 4.79 Å². The summed E-state index contributed by atoms with van der Waals surface area (Å²) in [6, 6.07) is 16.4. The normalized spacial score (nSPS) is 11.6. The maximum absolute atomic E-state index is 12.6. The summed E-state index contributed by atoms with van der Waals surface area (Å²) in [6.07, 6.45) is 1.11. The number of rotatable bonds is 11. The Morgan fingerprint density at radius 2 is 1.78 bits per heavy atom. The third kappa shape index (κ3) is 9.12. The molecule has 0 bridgehead atoms. The quantitative estimate of drug-likeness (QED) is 0.243. The fourth-order valence-electron chi connectivity index (χ4n) is 3.66. The number of nitriles is 2. The molecule has 3 N–H and O–H groups in total. The smallest absolute Gasteiger partial charge is 0.449 e. The second-order valence-corrected chi connectivity index (χ2v) is 8.46. The van der Waals surface area contributed by atoms with Crippen LogP contribution < -0.4 is 5.32 Å². The Hall–Kier alpha value is -4.12. The summed E-state index contributed by atoms with van der Waals surface area (Å²) in [7, 11) is -1.77. The highest BCUT2D eigenvalue weighted by molar-refractivity contribution is 6.43. The van der Waals surface area contributed by atoms with Gasteiger partial charge in [0.25, 0.3) is 5.91 Å². The molecule has 0 aliphatic rings. The second kappa shape index (κ2) is 14.4. The van der Waals surface area contributed by atoms with Gasteiger partial charge in [-0.1, -0.05) is 35.9 Å². The Balaban J connectivity index is 2.05. The van der Waals surface area contributed by atoms with Gasteiger partial charge in [-0.05, 0) is 62.1 Å². The average Bonchev–Trinajstić information content (AvgIpc) is 2.88. The number of benzene rings is 2. The number of nitrogens with zero attached hydrogens (tertiary/aromatic N) is 3. The zero-order valence-electron chi connectivity index (χ0n) is 21.3. The maximum Gasteiger partial charge on any atom is 0.475 e. The lowest BCUT2D eigenvalue weighted by molar-refractivity contribution is -0.126. The molecule has 10 heteroatoms. The molecule has 0 saturated heterocycles. The van der Waals surface area contributed by atoms with E-state index in [0.29, 0.717) is 29.8 Å². The van der Waals surface area contributed by atoms with Gasteiger partial charge in [0.1, 0.15) is 11.6 Å². The van der Waals surface area contributed by atoms with Gasteiger partial charge in [-0.3, -0.25) is 4.79 Å². The summed E-state index contributed by atoms with van der Waals surface area (Å²) in [5.41, 5.74) is 3.37. The lowest BCUT2D eigenvalue weighted by Crippen LogP contribution is -2.48. The van der Waals surface area contributed by atoms with E-state index in [0.717, 1.165) is 11.1 Å². The lowest BCUT2D eigenvalue weighted by Gasteiger charge is -2.18. The predicted octanol–water partition coefficient (Wildman–Crippen LogP) is 2.53. The molecule has 2 amide bonds. The molecule has 0 spiro atoms. The van der Waals surface area contributed by atoms with Gasteiger partial charge < -0.3 is 25.0 Å². The third-order valence-corrected chi connectivity index (χ3v) is 5.72. The van der Waals surface area contributed by atoms with Crippen LogP contribution in [0.15, 0.2) is 48.0 Å². The summed E-state index contributed by atoms with van der Waals surface area (Å²) >= 11 is 0. The highest BCUT2D eigenvalue weighted by Crippen LogP contribution is 2.16. The fraction of sp³-hybridized carbons (Fsp3) is 0.333. The minimum atomic E-state index is -1.77. The molecule has 0 aromatic heterocycles. The van der Waals surface area contributed by atoms with E-state index in [1.807, 2.05) is 51.1 Å². The third-order valence-electron chi connectivity index (χ3n) is 5.72. The van der Waals surface area contributed by atoms with Crippen LogP contribution in [0.4, 0.5) is 4.79 Å². The lowest BCUT2D eigenvalue weighted by atomic mass is 9.76. The van der Waals surface area contributed by atoms with Crippen LogP contribution in [0.1, 0.15) is 41.7 Å². The van der Waals surface area contributed by atoms with Crippen molar-refractivity contribution in [1.29, 1.82) is 10.5 Å². The number of nitrogens with one attached hydrogen (secondary N) is 1. The average molecular weight is 502 g/mol. The first-order valence-corrected chi connectivity index (χ1v) is 12.0. The molecule has 2 rings (SSSR count). The number of carbonyl (C=O) groups excluding carboxylic acids is 2. The Kier molecular flexibility index (Phi) is 11.4. The fourth-order valence-corrected chi connectivity index (χ4v) is 3.66. The van der Waals surface area contributed by atoms with Crippen LogP contribution >= 0.6 is 0 Å². The van der Waals surface area contributed by atoms with Gasteiger partial charge in [0.05, 0.1) is 24.2 Å². The first-order chi connectivity index (χ1) is 17.7. The Labute approximate surface area is 217 Å². The van der Waals surface area contributed by atoms with E-state index in [1.165, 1.54) is 11.0 Å². The van der Waals surface area contributed by atoms with Crippen molar-refractivity contribution in [2.24, 2.45) is 0 Å². The zero-order chi connectivity index (χ0) is 27.4. The molecule has 0 heterocycles. The summed E-state index contributed by atoms with van der Waals surface area (Å²) in [4.78, 5) is 26.4. The Morgan fingerprint density at radius 3 is 2.35 bits per heavy atom. The van der Waals surface area contributed by atoms with E-state index in [-0.39, 0.29) is 30.9 Å². The summed E-state index contributed by atoms with van der Waals surface area (Å²) in [5.74, 6) is -1.34. The van der Waals surface area contributed by atoms with Crippen LogP contribution in [-0.2, 0) is 22.4 Å². The topological polar surface area (TPSA) is 147 Å². The van der Waals surface area contributed by atoms with Gasteiger partial charge in [0.15, 0.2) is 0 Å². The van der Waals surface area contributed by atoms with Gasteiger partial charge in [-0.15, -0.1) is 0 Å². The van der Waals surface area contributed by atoms with E-state index in [9.17, 15) is 30.2 Å². The number of carbonyl (C=O) groups is 2. The summed E-state index contributed by atoms with van der Waals surface area (Å²) < 4.78 is 5.21. The number of aryl methyl sites for hydroxylation is 1. The molecule has 0 radical (unpaired) electrons. The molecule has 0 fully saturated rings. The van der Waals surface area contributed by atoms with Crippen LogP contribution in [0.3, 0.4) is 0 Å². The standard InChI is InChI=1S/C27H31BN4O5/c1-4-32(5-2)26(33)24(18-30)15-22-12-21(13-23(14-22)17-29)10-11-37-27(34)31-25(28(35)36)16-20-8-6-19(3)7-9-20/h6-9,12-15,25,35-36H,4-5,10-11,16H2,1-3H3,(H,31,34). The highest BCUT2D eigenvalue weighted by Gasteiger charge is 2.26. The zero-order valence-corrected chi connectivity index (χ0v) is 21.3. The van der Waals surface area contributed by atoms with E-state index in [2.05, 4.69) is 11.4 Å². The number of ether oxygens (including phenoxy) is 1. The van der Waals surface area contributed by atoms with Gasteiger partial charge >= 0.3 is 13.2 Å². The maximum atomic E-state index is 12.6. The van der Waals surface area contributed by atoms with Crippen molar-refractivity contribution in [2.75, 3.05) is 19.7 Å². The molecular weight excluding hydrogens is 471 g/mol. The Bertz CT molecular complexity index is 1190. The number of likely N-dealkylation sites (N-methyl/N-ethyl adjacent to an activating group) is 1. The van der Waals surface area contributed by atoms with Gasteiger partial charge in [-0.2, -0.15) is 10.5 Å². The SMILES string of the molecule is CCN(CC)C(=O)C(C#N)=Cc1cc(C#N)cc(CCOC(=O)NC(Cc2ccc(C)cc2)B(O)O)c1. The van der Waals surface area contributed by atoms with Gasteiger partial charge in [0, 0.05) is 19.5 Å². The van der Waals surface area contributed by atoms with Gasteiger partial charge in [0.2, 0.25) is 0 Å². The van der Waals surface area contributed by atoms with Crippen molar-refractivity contribution >= 4 is 25.2 Å². The molecule has 0 aliphatic carbocycles. The van der Waals surface area contributed by atoms with E-state index >= 15 is 0 Å². The minimum Gasteiger partial charge on any atom is -0.449 e. The molecule has 192 valence electrons. The van der Waals surface area contributed by atoms with Crippen LogP contribution in [-0.4, -0.2) is 59.7 Å². The minimum absolute atomic E-state index is 0.0356. The van der Waals surface area contributed by atoms with Crippen molar-refractivity contribution in [1.82, 2.24) is 10.2 Å². The van der Waals surface area contributed by atoms with Crippen molar-refractivity contribution in [3.05, 3.63) is 75.9 Å². The number of alkyl carbamates (subject to hydrolysis) is 1. The van der Waals surface area contributed by atoms with Crippen molar-refractivity contribution < 1.29 is 24.4 Å². The first kappa shape index (κ1) is 29.1. The summed E-state index contributed by atoms with van der Waals surface area (Å²) in [5, 5.41) is 40.7. The molecule has 2 aromatic carbocycles. The molecular formula is C27H31BN4O5. The largest absolute Gasteiger partial charge is 0.475 e. The second-order valence-electron chi connectivity index (χ2n) is 8.46. The molecule has 0 saturated carbocycles. The highest BCUT2D eigenvalue weighted by atomic mass is 16.5. The number of hydrogen-bond donors (Lipinski definition) is 3. The number of amides is 2. The number of hydrogen-bond acceptors (Lipinski definition) is 7. The van der Waals surface area contributed by atoms with E-state index in [1.54, 1.807) is 18.2 Å². The first-order valence-electron chi connectivity index (χ1n) is 12.0. The monoisotopic (exact) mass is 502 g/mol. The van der Waals surface area contributed by atoms with E-state index in [4.69, 9.17) is 4.74 Å². The van der Waals surface area contributed by atoms with Crippen LogP contribution in [0.2, 0.25) is 0 Å². The summed E-state index contributed by atoms with van der Waals surface area (Å²) in [6.45, 7) is 6.50. The Morgan fingerprint density at radius 1 is 1.11 bits per heavy atom. The predicted molar refractivity (Wildman–Crippen MR) is 140 cm³/mol. The van der Waals surface area contributed by atoms with Crippen LogP contribution in [0.25, 0.3) is 6.08 Å². The van der Waals surface area contributed by atoms with Crippen molar-refractivity contribution in [3.63, 3.8) is 0 Å². The molecule has 1 unspecified atom stereocenters. The molecule has 1 atom stereocenters. The van der Waals surface area contributed by atoms with Crippen LogP contribution in [0, 0.1) is 29.6 Å². The molecule has 0 aliphatic heterocycles. The van der Waals surface area contributed by atoms with Crippen molar-refractivity contribution in [3.8, 4) is 12.1 Å². The van der Waals surface area contributed by atoms with Crippen LogP contribution in [0.5, 0.6) is 0 Å². The van der Waals surface area contributed by atoms with Crippen molar-refractivity contribution in [2.45, 2.75) is 39.6 Å².